The number of halogens is 1. The first kappa shape index (κ1) is 19.0. The lowest BCUT2D eigenvalue weighted by atomic mass is 9.93. The van der Waals surface area contributed by atoms with E-state index < -0.39 is 10.0 Å². The number of aliphatic hydroxyl groups is 1. The molecule has 0 bridgehead atoms. The molecule has 26 heavy (non-hydrogen) atoms. The smallest absolute Gasteiger partial charge is 0.238 e. The molecule has 3 rings (SSSR count). The summed E-state index contributed by atoms with van der Waals surface area (Å²) >= 11 is 3.44. The van der Waals surface area contributed by atoms with Crippen LogP contribution in [0.3, 0.4) is 0 Å². The van der Waals surface area contributed by atoms with Crippen LogP contribution in [0, 0.1) is 0 Å². The standard InChI is InChI=1S/C16H20BrN5O3S/c17-14-9-19-16(21-11-3-7-13(8-4-11)26(18,24)25)22-15(14)20-10-1-5-12(23)6-2-10/h3-4,7-10,12,23H,1-2,5-6H2,(H2,18,24,25)(H2,19,20,21,22)/t10-,12-. The maximum absolute atomic E-state index is 11.3. The van der Waals surface area contributed by atoms with Crippen molar-refractivity contribution in [1.82, 2.24) is 9.97 Å². The zero-order valence-corrected chi connectivity index (χ0v) is 16.3. The van der Waals surface area contributed by atoms with Crippen LogP contribution in [0.15, 0.2) is 39.8 Å². The van der Waals surface area contributed by atoms with Crippen molar-refractivity contribution >= 4 is 43.4 Å². The normalized spacial score (nSPS) is 20.6. The van der Waals surface area contributed by atoms with Crippen molar-refractivity contribution in [3.63, 3.8) is 0 Å². The highest BCUT2D eigenvalue weighted by molar-refractivity contribution is 9.10. The Labute approximate surface area is 160 Å². The van der Waals surface area contributed by atoms with Crippen molar-refractivity contribution in [2.45, 2.75) is 42.7 Å². The summed E-state index contributed by atoms with van der Waals surface area (Å²) < 4.78 is 23.3. The topological polar surface area (TPSA) is 130 Å². The molecule has 1 heterocycles. The zero-order valence-electron chi connectivity index (χ0n) is 13.9. The molecule has 0 atom stereocenters. The van der Waals surface area contributed by atoms with Crippen molar-refractivity contribution in [3.05, 3.63) is 34.9 Å². The van der Waals surface area contributed by atoms with Gasteiger partial charge in [0.15, 0.2) is 0 Å². The van der Waals surface area contributed by atoms with Gasteiger partial charge >= 0.3 is 0 Å². The molecule has 0 amide bonds. The molecule has 5 N–H and O–H groups in total. The second-order valence-corrected chi connectivity index (χ2v) is 8.65. The first-order valence-electron chi connectivity index (χ1n) is 8.18. The van der Waals surface area contributed by atoms with E-state index in [0.29, 0.717) is 17.5 Å². The average molecular weight is 442 g/mol. The Balaban J connectivity index is 1.71. The molecule has 8 nitrogen and oxygen atoms in total. The number of aliphatic hydroxyl groups excluding tert-OH is 1. The van der Waals surface area contributed by atoms with Crippen LogP contribution in [0.4, 0.5) is 17.5 Å². The quantitative estimate of drug-likeness (QED) is 0.559. The molecule has 0 spiro atoms. The van der Waals surface area contributed by atoms with Gasteiger partial charge in [-0.1, -0.05) is 0 Å². The van der Waals surface area contributed by atoms with Crippen LogP contribution >= 0.6 is 15.9 Å². The Morgan fingerprint density at radius 3 is 2.42 bits per heavy atom. The number of aromatic nitrogens is 2. The third-order valence-corrected chi connectivity index (χ3v) is 5.73. The predicted octanol–water partition coefficient (Wildman–Crippen LogP) is 2.35. The number of nitrogens with zero attached hydrogens (tertiary/aromatic N) is 2. The fourth-order valence-corrected chi connectivity index (χ4v) is 3.62. The van der Waals surface area contributed by atoms with Gasteiger partial charge in [-0.25, -0.2) is 18.5 Å². The Hall–Kier alpha value is -1.75. The molecule has 0 radical (unpaired) electrons. The molecule has 2 aromatic rings. The predicted molar refractivity (Wildman–Crippen MR) is 103 cm³/mol. The average Bonchev–Trinajstić information content (AvgIpc) is 2.59. The summed E-state index contributed by atoms with van der Waals surface area (Å²) in [6.45, 7) is 0. The lowest BCUT2D eigenvalue weighted by Gasteiger charge is -2.27. The molecule has 0 aliphatic heterocycles. The minimum absolute atomic E-state index is 0.0432. The van der Waals surface area contributed by atoms with E-state index in [1.54, 1.807) is 18.3 Å². The highest BCUT2D eigenvalue weighted by Crippen LogP contribution is 2.27. The fourth-order valence-electron chi connectivity index (χ4n) is 2.80. The van der Waals surface area contributed by atoms with Gasteiger partial charge in [0.1, 0.15) is 5.82 Å². The first-order valence-corrected chi connectivity index (χ1v) is 10.5. The van der Waals surface area contributed by atoms with E-state index in [4.69, 9.17) is 5.14 Å². The SMILES string of the molecule is NS(=O)(=O)c1ccc(Nc2ncc(Br)c(N[C@H]3CC[C@H](O)CC3)n2)cc1. The van der Waals surface area contributed by atoms with Crippen molar-refractivity contribution in [2.24, 2.45) is 5.14 Å². The van der Waals surface area contributed by atoms with Gasteiger partial charge in [0.2, 0.25) is 16.0 Å². The number of sulfonamides is 1. The minimum atomic E-state index is -3.72. The maximum atomic E-state index is 11.3. The summed E-state index contributed by atoms with van der Waals surface area (Å²) in [5.74, 6) is 1.06. The van der Waals surface area contributed by atoms with Gasteiger partial charge < -0.3 is 15.7 Å². The Morgan fingerprint density at radius 1 is 1.15 bits per heavy atom. The monoisotopic (exact) mass is 441 g/mol. The molecular formula is C16H20BrN5O3S. The summed E-state index contributed by atoms with van der Waals surface area (Å²) in [6.07, 6.45) is 4.77. The van der Waals surface area contributed by atoms with E-state index in [-0.39, 0.29) is 17.0 Å². The van der Waals surface area contributed by atoms with E-state index in [0.717, 1.165) is 30.2 Å². The van der Waals surface area contributed by atoms with Crippen LogP contribution in [-0.2, 0) is 10.0 Å². The Kier molecular flexibility index (Phi) is 5.76. The number of nitrogens with one attached hydrogen (secondary N) is 2. The third kappa shape index (κ3) is 4.91. The summed E-state index contributed by atoms with van der Waals surface area (Å²) in [5, 5.41) is 21.1. The minimum Gasteiger partial charge on any atom is -0.393 e. The third-order valence-electron chi connectivity index (χ3n) is 4.22. The molecule has 10 heteroatoms. The number of rotatable bonds is 5. The number of hydrogen-bond acceptors (Lipinski definition) is 7. The summed E-state index contributed by atoms with van der Waals surface area (Å²) in [5.41, 5.74) is 0.645. The fraction of sp³-hybridized carbons (Fsp3) is 0.375. The van der Waals surface area contributed by atoms with E-state index in [2.05, 4.69) is 36.5 Å². The zero-order chi connectivity index (χ0) is 18.7. The summed E-state index contributed by atoms with van der Waals surface area (Å²) in [7, 11) is -3.72. The lowest BCUT2D eigenvalue weighted by Crippen LogP contribution is -2.28. The van der Waals surface area contributed by atoms with Crippen LogP contribution < -0.4 is 15.8 Å². The molecule has 0 saturated heterocycles. The van der Waals surface area contributed by atoms with Crippen LogP contribution in [0.1, 0.15) is 25.7 Å². The first-order chi connectivity index (χ1) is 12.3. The van der Waals surface area contributed by atoms with Gasteiger partial charge in [-0.15, -0.1) is 0 Å². The van der Waals surface area contributed by atoms with Crippen molar-refractivity contribution in [2.75, 3.05) is 10.6 Å². The molecule has 1 fully saturated rings. The number of nitrogens with two attached hydrogens (primary N) is 1. The van der Waals surface area contributed by atoms with Gasteiger partial charge in [0.05, 0.1) is 15.5 Å². The van der Waals surface area contributed by atoms with Gasteiger partial charge in [-0.05, 0) is 65.9 Å². The van der Waals surface area contributed by atoms with E-state index >= 15 is 0 Å². The highest BCUT2D eigenvalue weighted by atomic mass is 79.9. The highest BCUT2D eigenvalue weighted by Gasteiger charge is 2.20. The van der Waals surface area contributed by atoms with Gasteiger partial charge in [0, 0.05) is 17.9 Å². The Morgan fingerprint density at radius 2 is 1.81 bits per heavy atom. The number of hydrogen-bond donors (Lipinski definition) is 4. The van der Waals surface area contributed by atoms with Crippen molar-refractivity contribution < 1.29 is 13.5 Å². The molecule has 0 unspecified atom stereocenters. The van der Waals surface area contributed by atoms with Crippen molar-refractivity contribution in [1.29, 1.82) is 0 Å². The van der Waals surface area contributed by atoms with Crippen LogP contribution in [0.5, 0.6) is 0 Å². The molecule has 140 valence electrons. The van der Waals surface area contributed by atoms with E-state index in [1.807, 2.05) is 0 Å². The van der Waals surface area contributed by atoms with Gasteiger partial charge in [-0.3, -0.25) is 0 Å². The summed E-state index contributed by atoms with van der Waals surface area (Å²) in [4.78, 5) is 8.73. The molecular weight excluding hydrogens is 422 g/mol. The van der Waals surface area contributed by atoms with Crippen LogP contribution in [-0.4, -0.2) is 35.6 Å². The second kappa shape index (κ2) is 7.87. The number of primary sulfonamides is 1. The van der Waals surface area contributed by atoms with Crippen LogP contribution in [0.25, 0.3) is 0 Å². The summed E-state index contributed by atoms with van der Waals surface area (Å²) in [6, 6.07) is 6.29. The van der Waals surface area contributed by atoms with Gasteiger partial charge in [-0.2, -0.15) is 4.98 Å². The Bertz CT molecular complexity index is 868. The maximum Gasteiger partial charge on any atom is 0.238 e. The van der Waals surface area contributed by atoms with Crippen molar-refractivity contribution in [3.8, 4) is 0 Å². The molecule has 1 aromatic carbocycles. The number of benzene rings is 1. The number of anilines is 3. The second-order valence-electron chi connectivity index (χ2n) is 6.23. The molecule has 1 aromatic heterocycles. The molecule has 1 aliphatic carbocycles. The van der Waals surface area contributed by atoms with Crippen LogP contribution in [0.2, 0.25) is 0 Å². The molecule has 1 aliphatic rings. The molecule has 1 saturated carbocycles. The lowest BCUT2D eigenvalue weighted by molar-refractivity contribution is 0.126. The van der Waals surface area contributed by atoms with Gasteiger partial charge in [0.25, 0.3) is 0 Å². The van der Waals surface area contributed by atoms with E-state index in [1.165, 1.54) is 12.1 Å². The van der Waals surface area contributed by atoms with E-state index in [9.17, 15) is 13.5 Å². The largest absolute Gasteiger partial charge is 0.393 e.